The van der Waals surface area contributed by atoms with E-state index in [1.807, 2.05) is 18.2 Å². The van der Waals surface area contributed by atoms with Gasteiger partial charge < -0.3 is 19.7 Å². The van der Waals surface area contributed by atoms with E-state index in [1.54, 1.807) is 30.0 Å². The summed E-state index contributed by atoms with van der Waals surface area (Å²) < 4.78 is 10.4. The third-order valence-electron chi connectivity index (χ3n) is 4.46. The van der Waals surface area contributed by atoms with Crippen LogP contribution in [0.3, 0.4) is 0 Å². The third-order valence-corrected chi connectivity index (χ3v) is 4.46. The number of nitrogens with zero attached hydrogens (tertiary/aromatic N) is 1. The van der Waals surface area contributed by atoms with Crippen LogP contribution in [0.4, 0.5) is 11.4 Å². The molecular weight excluding hydrogens is 332 g/mol. The first-order valence-electron chi connectivity index (χ1n) is 8.47. The van der Waals surface area contributed by atoms with E-state index in [-0.39, 0.29) is 11.8 Å². The van der Waals surface area contributed by atoms with Gasteiger partial charge in [0.05, 0.1) is 14.2 Å². The Hall–Kier alpha value is -3.02. The highest BCUT2D eigenvalue weighted by molar-refractivity contribution is 6.05. The van der Waals surface area contributed by atoms with Gasteiger partial charge in [-0.2, -0.15) is 0 Å². The fraction of sp³-hybridized carbons (Fsp3) is 0.300. The van der Waals surface area contributed by atoms with Crippen molar-refractivity contribution in [3.05, 3.63) is 47.5 Å². The molecule has 0 radical (unpaired) electrons. The smallest absolute Gasteiger partial charge is 0.255 e. The van der Waals surface area contributed by atoms with Crippen molar-refractivity contribution in [2.45, 2.75) is 19.8 Å². The number of amides is 2. The summed E-state index contributed by atoms with van der Waals surface area (Å²) in [6.07, 6.45) is 1.88. The zero-order valence-electron chi connectivity index (χ0n) is 15.2. The second kappa shape index (κ2) is 7.47. The van der Waals surface area contributed by atoms with Gasteiger partial charge in [-0.3, -0.25) is 9.59 Å². The summed E-state index contributed by atoms with van der Waals surface area (Å²) in [6, 6.07) is 10.7. The van der Waals surface area contributed by atoms with Crippen LogP contribution in [-0.4, -0.2) is 32.6 Å². The number of ether oxygens (including phenoxy) is 2. The normalized spacial score (nSPS) is 13.0. The average Bonchev–Trinajstić information content (AvgIpc) is 2.66. The van der Waals surface area contributed by atoms with Crippen LogP contribution in [0.15, 0.2) is 36.4 Å². The fourth-order valence-corrected chi connectivity index (χ4v) is 3.12. The number of hydrogen-bond acceptors (Lipinski definition) is 4. The second-order valence-electron chi connectivity index (χ2n) is 6.17. The van der Waals surface area contributed by atoms with Crippen molar-refractivity contribution < 1.29 is 19.1 Å². The molecule has 0 aromatic heterocycles. The maximum atomic E-state index is 12.6. The van der Waals surface area contributed by atoms with E-state index in [0.717, 1.165) is 24.1 Å². The molecule has 1 heterocycles. The quantitative estimate of drug-likeness (QED) is 0.915. The Labute approximate surface area is 152 Å². The lowest BCUT2D eigenvalue weighted by molar-refractivity contribution is -0.116. The first kappa shape index (κ1) is 17.8. The number of hydrogen-bond donors (Lipinski definition) is 1. The Morgan fingerprint density at radius 3 is 2.35 bits per heavy atom. The number of rotatable bonds is 4. The minimum atomic E-state index is -0.271. The molecule has 3 rings (SSSR count). The molecule has 0 spiro atoms. The molecule has 1 aliphatic rings. The number of benzene rings is 2. The predicted octanol–water partition coefficient (Wildman–Crippen LogP) is 3.26. The van der Waals surface area contributed by atoms with Crippen LogP contribution in [0.5, 0.6) is 11.5 Å². The first-order chi connectivity index (χ1) is 12.5. The summed E-state index contributed by atoms with van der Waals surface area (Å²) in [7, 11) is 3.08. The van der Waals surface area contributed by atoms with Crippen molar-refractivity contribution in [3.63, 3.8) is 0 Å². The molecule has 6 nitrogen and oxygen atoms in total. The molecule has 0 saturated carbocycles. The minimum Gasteiger partial charge on any atom is -0.497 e. The number of carbonyl (C=O) groups excluding carboxylic acids is 2. The first-order valence-corrected chi connectivity index (χ1v) is 8.47. The molecule has 0 atom stereocenters. The molecule has 0 aliphatic carbocycles. The van der Waals surface area contributed by atoms with Crippen molar-refractivity contribution in [1.29, 1.82) is 0 Å². The number of carbonyl (C=O) groups is 2. The van der Waals surface area contributed by atoms with E-state index < -0.39 is 0 Å². The van der Waals surface area contributed by atoms with Crippen molar-refractivity contribution in [1.82, 2.24) is 0 Å². The van der Waals surface area contributed by atoms with Crippen LogP contribution in [0.1, 0.15) is 29.3 Å². The Kier molecular flexibility index (Phi) is 5.11. The van der Waals surface area contributed by atoms with Crippen LogP contribution in [-0.2, 0) is 11.2 Å². The summed E-state index contributed by atoms with van der Waals surface area (Å²) in [4.78, 5) is 26.3. The molecule has 0 unspecified atom stereocenters. The molecule has 1 aliphatic heterocycles. The maximum Gasteiger partial charge on any atom is 0.255 e. The monoisotopic (exact) mass is 354 g/mol. The number of anilines is 2. The Balaban J connectivity index is 1.86. The van der Waals surface area contributed by atoms with E-state index in [4.69, 9.17) is 9.47 Å². The lowest BCUT2D eigenvalue weighted by Crippen LogP contribution is -2.33. The Bertz CT molecular complexity index is 825. The van der Waals surface area contributed by atoms with Gasteiger partial charge in [0.2, 0.25) is 5.91 Å². The lowest BCUT2D eigenvalue weighted by atomic mass is 10.0. The predicted molar refractivity (Wildman–Crippen MR) is 100 cm³/mol. The molecular formula is C20H22N2O4. The summed E-state index contributed by atoms with van der Waals surface area (Å²) >= 11 is 0. The highest BCUT2D eigenvalue weighted by Gasteiger charge is 2.20. The molecule has 0 saturated heterocycles. The van der Waals surface area contributed by atoms with Crippen molar-refractivity contribution >= 4 is 23.2 Å². The molecule has 26 heavy (non-hydrogen) atoms. The van der Waals surface area contributed by atoms with Gasteiger partial charge in [-0.15, -0.1) is 0 Å². The molecule has 2 amide bonds. The fourth-order valence-electron chi connectivity index (χ4n) is 3.12. The van der Waals surface area contributed by atoms with Gasteiger partial charge in [-0.1, -0.05) is 6.07 Å². The molecule has 1 N–H and O–H groups in total. The summed E-state index contributed by atoms with van der Waals surface area (Å²) in [5.74, 6) is 0.824. The van der Waals surface area contributed by atoms with E-state index in [1.165, 1.54) is 14.2 Å². The SMILES string of the molecule is COc1cc(OC)cc(C(=O)Nc2ccc3c(c2)N(C(C)=O)CCC3)c1. The summed E-state index contributed by atoms with van der Waals surface area (Å²) in [6.45, 7) is 2.26. The molecule has 2 aromatic rings. The topological polar surface area (TPSA) is 67.9 Å². The van der Waals surface area contributed by atoms with Crippen LogP contribution < -0.4 is 19.7 Å². The van der Waals surface area contributed by atoms with Crippen LogP contribution in [0, 0.1) is 0 Å². The maximum absolute atomic E-state index is 12.6. The number of fused-ring (bicyclic) bond motifs is 1. The number of nitrogens with one attached hydrogen (secondary N) is 1. The molecule has 2 aromatic carbocycles. The second-order valence-corrected chi connectivity index (χ2v) is 6.17. The molecule has 136 valence electrons. The average molecular weight is 354 g/mol. The van der Waals surface area contributed by atoms with Gasteiger partial charge in [-0.25, -0.2) is 0 Å². The largest absolute Gasteiger partial charge is 0.497 e. The third kappa shape index (κ3) is 3.64. The molecule has 6 heteroatoms. The van der Waals surface area contributed by atoms with Crippen LogP contribution in [0.25, 0.3) is 0 Å². The minimum absolute atomic E-state index is 0.00644. The highest BCUT2D eigenvalue weighted by atomic mass is 16.5. The standard InChI is InChI=1S/C20H22N2O4/c1-13(23)22-8-4-5-14-6-7-16(11-19(14)22)21-20(24)15-9-17(25-2)12-18(10-15)26-3/h6-7,9-12H,4-5,8H2,1-3H3,(H,21,24). The van der Waals surface area contributed by atoms with E-state index in [9.17, 15) is 9.59 Å². The zero-order valence-corrected chi connectivity index (χ0v) is 15.2. The van der Waals surface area contributed by atoms with E-state index in [2.05, 4.69) is 5.32 Å². The van der Waals surface area contributed by atoms with Gasteiger partial charge >= 0.3 is 0 Å². The van der Waals surface area contributed by atoms with Crippen molar-refractivity contribution in [2.24, 2.45) is 0 Å². The number of methoxy groups -OCH3 is 2. The van der Waals surface area contributed by atoms with E-state index in [0.29, 0.717) is 29.3 Å². The number of aryl methyl sites for hydroxylation is 1. The summed E-state index contributed by atoms with van der Waals surface area (Å²) in [5, 5.41) is 2.88. The Morgan fingerprint density at radius 2 is 1.73 bits per heavy atom. The van der Waals surface area contributed by atoms with Crippen LogP contribution in [0.2, 0.25) is 0 Å². The van der Waals surface area contributed by atoms with Gasteiger partial charge in [0.25, 0.3) is 5.91 Å². The van der Waals surface area contributed by atoms with Gasteiger partial charge in [-0.05, 0) is 42.7 Å². The molecule has 0 fully saturated rings. The Morgan fingerprint density at radius 1 is 1.04 bits per heavy atom. The highest BCUT2D eigenvalue weighted by Crippen LogP contribution is 2.30. The van der Waals surface area contributed by atoms with Crippen molar-refractivity contribution in [2.75, 3.05) is 31.0 Å². The lowest BCUT2D eigenvalue weighted by Gasteiger charge is -2.29. The van der Waals surface area contributed by atoms with E-state index >= 15 is 0 Å². The zero-order chi connectivity index (χ0) is 18.7. The van der Waals surface area contributed by atoms with Crippen molar-refractivity contribution in [3.8, 4) is 11.5 Å². The molecule has 0 bridgehead atoms. The van der Waals surface area contributed by atoms with Crippen LogP contribution >= 0.6 is 0 Å². The summed E-state index contributed by atoms with van der Waals surface area (Å²) in [5.41, 5.74) is 3.06. The van der Waals surface area contributed by atoms with Gasteiger partial charge in [0.1, 0.15) is 11.5 Å². The van der Waals surface area contributed by atoms with Gasteiger partial charge in [0.15, 0.2) is 0 Å². The van der Waals surface area contributed by atoms with Gasteiger partial charge in [0, 0.05) is 36.5 Å².